The quantitative estimate of drug-likeness (QED) is 0.765. The molecule has 2 fully saturated rings. The molecule has 5 atom stereocenters. The molecule has 2 aliphatic heterocycles. The highest BCUT2D eigenvalue weighted by Gasteiger charge is 2.50. The predicted molar refractivity (Wildman–Crippen MR) is 104 cm³/mol. The van der Waals surface area contributed by atoms with E-state index in [0.717, 1.165) is 22.8 Å². The molecule has 1 aromatic heterocycles. The fourth-order valence-corrected chi connectivity index (χ4v) is 4.79. The van der Waals surface area contributed by atoms with Crippen molar-refractivity contribution in [2.24, 2.45) is 13.0 Å². The number of imidazole rings is 1. The average Bonchev–Trinajstić information content (AvgIpc) is 3.01. The first-order valence-electron chi connectivity index (χ1n) is 9.85. The summed E-state index contributed by atoms with van der Waals surface area (Å²) in [5, 5.41) is 0. The predicted octanol–water partition coefficient (Wildman–Crippen LogP) is 2.80. The number of piperidine rings is 1. The summed E-state index contributed by atoms with van der Waals surface area (Å²) in [7, 11) is 2.02. The molecule has 1 aromatic carbocycles. The maximum absolute atomic E-state index is 12.5. The Labute approximate surface area is 164 Å². The lowest BCUT2D eigenvalue weighted by molar-refractivity contribution is -0.225. The Morgan fingerprint density at radius 2 is 2.04 bits per heavy atom. The van der Waals surface area contributed by atoms with Crippen molar-refractivity contribution in [1.82, 2.24) is 14.5 Å². The first kappa shape index (κ1) is 17.6. The van der Waals surface area contributed by atoms with Gasteiger partial charge in [0.05, 0.1) is 36.7 Å². The van der Waals surface area contributed by atoms with E-state index in [0.29, 0.717) is 13.2 Å². The second kappa shape index (κ2) is 6.57. The molecule has 6 heteroatoms. The largest absolute Gasteiger partial charge is 0.371 e. The van der Waals surface area contributed by atoms with E-state index in [1.807, 2.05) is 37.1 Å². The molecule has 0 bridgehead atoms. The zero-order valence-corrected chi connectivity index (χ0v) is 16.4. The summed E-state index contributed by atoms with van der Waals surface area (Å²) in [5.41, 5.74) is 3.16. The van der Waals surface area contributed by atoms with Crippen LogP contribution in [0.25, 0.3) is 6.08 Å². The topological polar surface area (TPSA) is 56.6 Å². The number of fused-ring (bicyclic) bond motifs is 5. The van der Waals surface area contributed by atoms with Gasteiger partial charge in [-0.3, -0.25) is 4.79 Å². The average molecular weight is 379 g/mol. The van der Waals surface area contributed by atoms with Gasteiger partial charge in [-0.1, -0.05) is 36.4 Å². The third-order valence-corrected chi connectivity index (χ3v) is 6.33. The van der Waals surface area contributed by atoms with Gasteiger partial charge in [-0.2, -0.15) is 0 Å². The molecule has 1 aliphatic carbocycles. The molecule has 0 radical (unpaired) electrons. The normalized spacial score (nSPS) is 31.1. The first-order chi connectivity index (χ1) is 13.5. The van der Waals surface area contributed by atoms with Crippen LogP contribution in [0.4, 0.5) is 0 Å². The van der Waals surface area contributed by atoms with E-state index >= 15 is 0 Å². The molecular weight excluding hydrogens is 354 g/mol. The van der Waals surface area contributed by atoms with Crippen LogP contribution in [0.5, 0.6) is 0 Å². The molecule has 2 saturated heterocycles. The van der Waals surface area contributed by atoms with E-state index in [-0.39, 0.29) is 36.2 Å². The summed E-state index contributed by atoms with van der Waals surface area (Å²) >= 11 is 0. The monoisotopic (exact) mass is 379 g/mol. The van der Waals surface area contributed by atoms with Crippen LogP contribution in [0, 0.1) is 12.8 Å². The minimum Gasteiger partial charge on any atom is -0.371 e. The molecule has 3 heterocycles. The summed E-state index contributed by atoms with van der Waals surface area (Å²) in [6, 6.07) is 10.1. The second-order valence-corrected chi connectivity index (χ2v) is 7.91. The zero-order valence-electron chi connectivity index (χ0n) is 16.4. The number of ether oxygens (including phenoxy) is 2. The zero-order chi connectivity index (χ0) is 19.4. The van der Waals surface area contributed by atoms with Crippen LogP contribution < -0.4 is 0 Å². The number of carbonyl (C=O) groups excluding carboxylic acids is 1. The molecule has 5 rings (SSSR count). The number of aromatic nitrogens is 2. The number of hydrogen-bond donors (Lipinski definition) is 0. The molecule has 0 saturated carbocycles. The number of amides is 1. The van der Waals surface area contributed by atoms with Crippen molar-refractivity contribution >= 4 is 12.0 Å². The van der Waals surface area contributed by atoms with E-state index in [9.17, 15) is 4.79 Å². The SMILES string of the molecule is CC(=O)N1C[C@H]2OCC(c3ccccc3)O[C@@H]2C2C=Cc3c(nc(C)n3C)C21. The maximum atomic E-state index is 12.5. The van der Waals surface area contributed by atoms with Gasteiger partial charge in [0.25, 0.3) is 0 Å². The van der Waals surface area contributed by atoms with Crippen molar-refractivity contribution in [1.29, 1.82) is 0 Å². The van der Waals surface area contributed by atoms with Gasteiger partial charge in [0.2, 0.25) is 5.91 Å². The molecule has 28 heavy (non-hydrogen) atoms. The van der Waals surface area contributed by atoms with Crippen LogP contribution in [0.3, 0.4) is 0 Å². The number of aryl methyl sites for hydroxylation is 1. The fraction of sp³-hybridized carbons (Fsp3) is 0.455. The van der Waals surface area contributed by atoms with Crippen LogP contribution in [0.2, 0.25) is 0 Å². The highest BCUT2D eigenvalue weighted by molar-refractivity contribution is 5.75. The van der Waals surface area contributed by atoms with E-state index in [2.05, 4.69) is 28.9 Å². The lowest BCUT2D eigenvalue weighted by Crippen LogP contribution is -2.59. The molecule has 0 N–H and O–H groups in total. The Kier molecular flexibility index (Phi) is 4.14. The first-order valence-corrected chi connectivity index (χ1v) is 9.85. The molecule has 3 aliphatic rings. The van der Waals surface area contributed by atoms with Crippen molar-refractivity contribution < 1.29 is 14.3 Å². The number of nitrogens with zero attached hydrogens (tertiary/aromatic N) is 3. The van der Waals surface area contributed by atoms with Gasteiger partial charge in [0, 0.05) is 19.9 Å². The number of carbonyl (C=O) groups is 1. The highest BCUT2D eigenvalue weighted by Crippen LogP contribution is 2.46. The minimum atomic E-state index is -0.124. The standard InChI is InChI=1S/C22H25N3O3/c1-13-23-20-17(24(13)3)10-9-16-21(20)25(14(2)26)11-18-22(16)28-19(12-27-18)15-7-5-4-6-8-15/h4-10,16,18-19,21-22H,11-12H2,1-3H3/t16?,18-,19?,21?,22-/m1/s1. The van der Waals surface area contributed by atoms with Crippen molar-refractivity contribution in [3.63, 3.8) is 0 Å². The van der Waals surface area contributed by atoms with Crippen LogP contribution in [-0.2, 0) is 21.3 Å². The van der Waals surface area contributed by atoms with E-state index < -0.39 is 0 Å². The van der Waals surface area contributed by atoms with E-state index in [1.165, 1.54) is 0 Å². The van der Waals surface area contributed by atoms with Crippen LogP contribution in [0.15, 0.2) is 36.4 Å². The van der Waals surface area contributed by atoms with Crippen LogP contribution in [0.1, 0.15) is 41.8 Å². The summed E-state index contributed by atoms with van der Waals surface area (Å²) in [4.78, 5) is 19.2. The Hall–Kier alpha value is -2.44. The molecule has 1 amide bonds. The maximum Gasteiger partial charge on any atom is 0.220 e. The Balaban J connectivity index is 1.52. The molecular formula is C22H25N3O3. The van der Waals surface area contributed by atoms with Crippen molar-refractivity contribution in [2.75, 3.05) is 13.2 Å². The fourth-order valence-electron chi connectivity index (χ4n) is 4.79. The van der Waals surface area contributed by atoms with Gasteiger partial charge in [-0.15, -0.1) is 0 Å². The van der Waals surface area contributed by atoms with Crippen LogP contribution in [-0.4, -0.2) is 45.7 Å². The van der Waals surface area contributed by atoms with Gasteiger partial charge in [0.1, 0.15) is 18.0 Å². The number of rotatable bonds is 1. The molecule has 146 valence electrons. The lowest BCUT2D eigenvalue weighted by atomic mass is 9.79. The molecule has 3 unspecified atom stereocenters. The third-order valence-electron chi connectivity index (χ3n) is 6.33. The number of hydrogen-bond acceptors (Lipinski definition) is 4. The van der Waals surface area contributed by atoms with E-state index in [4.69, 9.17) is 14.5 Å². The van der Waals surface area contributed by atoms with Crippen LogP contribution >= 0.6 is 0 Å². The molecule has 2 aromatic rings. The Bertz CT molecular complexity index is 936. The third kappa shape index (κ3) is 2.63. The van der Waals surface area contributed by atoms with Crippen molar-refractivity contribution in [3.8, 4) is 0 Å². The van der Waals surface area contributed by atoms with Crippen molar-refractivity contribution in [3.05, 3.63) is 59.2 Å². The minimum absolute atomic E-state index is 0.0240. The van der Waals surface area contributed by atoms with E-state index in [1.54, 1.807) is 6.92 Å². The number of likely N-dealkylation sites (tertiary alicyclic amines) is 1. The van der Waals surface area contributed by atoms with Crippen molar-refractivity contribution in [2.45, 2.75) is 38.2 Å². The molecule has 0 spiro atoms. The summed E-state index contributed by atoms with van der Waals surface area (Å²) < 4.78 is 14.9. The summed E-state index contributed by atoms with van der Waals surface area (Å²) in [6.07, 6.45) is 3.98. The Morgan fingerprint density at radius 3 is 2.79 bits per heavy atom. The summed E-state index contributed by atoms with van der Waals surface area (Å²) in [6.45, 7) is 4.66. The number of benzene rings is 1. The smallest absolute Gasteiger partial charge is 0.220 e. The van der Waals surface area contributed by atoms with Gasteiger partial charge < -0.3 is 18.9 Å². The molecule has 6 nitrogen and oxygen atoms in total. The second-order valence-electron chi connectivity index (χ2n) is 7.91. The summed E-state index contributed by atoms with van der Waals surface area (Å²) in [5.74, 6) is 1.02. The van der Waals surface area contributed by atoms with Gasteiger partial charge in [-0.05, 0) is 18.6 Å². The van der Waals surface area contributed by atoms with Gasteiger partial charge in [-0.25, -0.2) is 4.98 Å². The van der Waals surface area contributed by atoms with Gasteiger partial charge >= 0.3 is 0 Å². The highest BCUT2D eigenvalue weighted by atomic mass is 16.6. The Morgan fingerprint density at radius 1 is 1.25 bits per heavy atom. The lowest BCUT2D eigenvalue weighted by Gasteiger charge is -2.51. The van der Waals surface area contributed by atoms with Gasteiger partial charge in [0.15, 0.2) is 0 Å².